The van der Waals surface area contributed by atoms with Crippen LogP contribution in [0.4, 0.5) is 5.69 Å². The molecule has 0 spiro atoms. The number of anilines is 1. The van der Waals surface area contributed by atoms with E-state index in [-0.39, 0.29) is 17.4 Å². The van der Waals surface area contributed by atoms with Crippen LogP contribution in [-0.4, -0.2) is 17.4 Å². The fourth-order valence-electron chi connectivity index (χ4n) is 2.33. The van der Waals surface area contributed by atoms with Crippen LogP contribution in [0.1, 0.15) is 54.0 Å². The van der Waals surface area contributed by atoms with Gasteiger partial charge < -0.3 is 10.6 Å². The molecular weight excluding hydrogens is 300 g/mol. The summed E-state index contributed by atoms with van der Waals surface area (Å²) in [4.78, 5) is 24.5. The first-order chi connectivity index (χ1) is 11.3. The summed E-state index contributed by atoms with van der Waals surface area (Å²) >= 11 is 0. The standard InChI is InChI=1S/C20H24N2O2/c1-5-14-8-6-7-9-17(14)21-18(23)15-10-12-16(13-11-15)19(24)22-20(2,3)4/h6-13H,5H2,1-4H3,(H,21,23)(H,22,24). The monoisotopic (exact) mass is 324 g/mol. The highest BCUT2D eigenvalue weighted by atomic mass is 16.2. The summed E-state index contributed by atoms with van der Waals surface area (Å²) in [6.45, 7) is 7.83. The molecule has 4 nitrogen and oxygen atoms in total. The van der Waals surface area contributed by atoms with Gasteiger partial charge in [0.2, 0.25) is 0 Å². The van der Waals surface area contributed by atoms with Gasteiger partial charge in [0.05, 0.1) is 0 Å². The van der Waals surface area contributed by atoms with E-state index in [9.17, 15) is 9.59 Å². The normalized spacial score (nSPS) is 11.0. The Morgan fingerprint density at radius 1 is 0.875 bits per heavy atom. The topological polar surface area (TPSA) is 58.2 Å². The number of nitrogens with one attached hydrogen (secondary N) is 2. The Morgan fingerprint density at radius 3 is 1.96 bits per heavy atom. The summed E-state index contributed by atoms with van der Waals surface area (Å²) in [5.74, 6) is -0.329. The Balaban J connectivity index is 2.10. The zero-order valence-electron chi connectivity index (χ0n) is 14.6. The van der Waals surface area contributed by atoms with Gasteiger partial charge in [0.25, 0.3) is 11.8 Å². The largest absolute Gasteiger partial charge is 0.347 e. The molecule has 2 amide bonds. The quantitative estimate of drug-likeness (QED) is 0.892. The van der Waals surface area contributed by atoms with E-state index in [1.807, 2.05) is 52.0 Å². The molecule has 0 unspecified atom stereocenters. The Kier molecular flexibility index (Phi) is 5.39. The van der Waals surface area contributed by atoms with Gasteiger partial charge in [-0.25, -0.2) is 0 Å². The Morgan fingerprint density at radius 2 is 1.42 bits per heavy atom. The van der Waals surface area contributed by atoms with Crippen molar-refractivity contribution in [3.63, 3.8) is 0 Å². The van der Waals surface area contributed by atoms with Crippen molar-refractivity contribution in [3.8, 4) is 0 Å². The zero-order valence-corrected chi connectivity index (χ0v) is 14.6. The van der Waals surface area contributed by atoms with Gasteiger partial charge in [0, 0.05) is 22.4 Å². The Labute approximate surface area is 143 Å². The molecule has 0 bridgehead atoms. The van der Waals surface area contributed by atoms with Gasteiger partial charge in [-0.1, -0.05) is 25.1 Å². The molecule has 0 aromatic heterocycles. The minimum atomic E-state index is -0.295. The third kappa shape index (κ3) is 4.69. The van der Waals surface area contributed by atoms with Gasteiger partial charge in [-0.2, -0.15) is 0 Å². The average molecular weight is 324 g/mol. The van der Waals surface area contributed by atoms with Crippen molar-refractivity contribution < 1.29 is 9.59 Å². The fourth-order valence-corrected chi connectivity index (χ4v) is 2.33. The molecule has 0 aliphatic rings. The maximum absolute atomic E-state index is 12.4. The van der Waals surface area contributed by atoms with Crippen LogP contribution in [0.25, 0.3) is 0 Å². The van der Waals surface area contributed by atoms with E-state index in [2.05, 4.69) is 10.6 Å². The predicted octanol–water partition coefficient (Wildman–Crippen LogP) is 4.03. The molecule has 0 atom stereocenters. The van der Waals surface area contributed by atoms with Crippen LogP contribution in [0.2, 0.25) is 0 Å². The van der Waals surface area contributed by atoms with E-state index in [1.165, 1.54) is 0 Å². The maximum atomic E-state index is 12.4. The van der Waals surface area contributed by atoms with Crippen molar-refractivity contribution in [2.45, 2.75) is 39.7 Å². The number of hydrogen-bond donors (Lipinski definition) is 2. The second kappa shape index (κ2) is 7.30. The molecule has 0 aliphatic carbocycles. The van der Waals surface area contributed by atoms with Crippen molar-refractivity contribution in [1.29, 1.82) is 0 Å². The Bertz CT molecular complexity index is 728. The molecule has 2 N–H and O–H groups in total. The van der Waals surface area contributed by atoms with Crippen LogP contribution in [0, 0.1) is 0 Å². The number of hydrogen-bond acceptors (Lipinski definition) is 2. The molecule has 2 aromatic carbocycles. The zero-order chi connectivity index (χ0) is 17.7. The highest BCUT2D eigenvalue weighted by Gasteiger charge is 2.16. The third-order valence-corrected chi connectivity index (χ3v) is 3.54. The first kappa shape index (κ1) is 17.7. The lowest BCUT2D eigenvalue weighted by Crippen LogP contribution is -2.40. The third-order valence-electron chi connectivity index (χ3n) is 3.54. The van der Waals surface area contributed by atoms with E-state index in [0.717, 1.165) is 17.7 Å². The van der Waals surface area contributed by atoms with E-state index in [0.29, 0.717) is 11.1 Å². The number of benzene rings is 2. The summed E-state index contributed by atoms with van der Waals surface area (Å²) in [6, 6.07) is 14.4. The minimum absolute atomic E-state index is 0.147. The summed E-state index contributed by atoms with van der Waals surface area (Å²) in [5.41, 5.74) is 2.67. The second-order valence-electron chi connectivity index (χ2n) is 6.75. The molecule has 0 aliphatic heterocycles. The van der Waals surface area contributed by atoms with E-state index < -0.39 is 0 Å². The second-order valence-corrected chi connectivity index (χ2v) is 6.75. The van der Waals surface area contributed by atoms with Crippen molar-refractivity contribution >= 4 is 17.5 Å². The van der Waals surface area contributed by atoms with Gasteiger partial charge in [-0.15, -0.1) is 0 Å². The molecule has 0 saturated heterocycles. The molecule has 0 saturated carbocycles. The number of para-hydroxylation sites is 1. The summed E-state index contributed by atoms with van der Waals surface area (Å²) < 4.78 is 0. The molecule has 2 rings (SSSR count). The highest BCUT2D eigenvalue weighted by molar-refractivity contribution is 6.05. The molecular formula is C20H24N2O2. The van der Waals surface area contributed by atoms with Gasteiger partial charge in [-0.3, -0.25) is 9.59 Å². The number of amides is 2. The van der Waals surface area contributed by atoms with Crippen molar-refractivity contribution in [3.05, 3.63) is 65.2 Å². The highest BCUT2D eigenvalue weighted by Crippen LogP contribution is 2.17. The van der Waals surface area contributed by atoms with Gasteiger partial charge in [-0.05, 0) is 63.1 Å². The predicted molar refractivity (Wildman–Crippen MR) is 97.4 cm³/mol. The molecule has 126 valence electrons. The molecule has 24 heavy (non-hydrogen) atoms. The fraction of sp³-hybridized carbons (Fsp3) is 0.300. The van der Waals surface area contributed by atoms with Crippen molar-refractivity contribution in [2.75, 3.05) is 5.32 Å². The van der Waals surface area contributed by atoms with Gasteiger partial charge in [0.1, 0.15) is 0 Å². The lowest BCUT2D eigenvalue weighted by molar-refractivity contribution is 0.0918. The maximum Gasteiger partial charge on any atom is 0.255 e. The van der Waals surface area contributed by atoms with E-state index in [1.54, 1.807) is 24.3 Å². The smallest absolute Gasteiger partial charge is 0.255 e. The number of rotatable bonds is 4. The van der Waals surface area contributed by atoms with Crippen LogP contribution in [0.3, 0.4) is 0 Å². The number of carbonyl (C=O) groups is 2. The van der Waals surface area contributed by atoms with Crippen molar-refractivity contribution in [1.82, 2.24) is 5.32 Å². The van der Waals surface area contributed by atoms with Crippen LogP contribution in [0.5, 0.6) is 0 Å². The molecule has 0 radical (unpaired) electrons. The molecule has 4 heteroatoms. The van der Waals surface area contributed by atoms with Gasteiger partial charge >= 0.3 is 0 Å². The first-order valence-corrected chi connectivity index (χ1v) is 8.12. The Hall–Kier alpha value is -2.62. The van der Waals surface area contributed by atoms with Crippen LogP contribution < -0.4 is 10.6 Å². The number of carbonyl (C=O) groups excluding carboxylic acids is 2. The summed E-state index contributed by atoms with van der Waals surface area (Å²) in [6.07, 6.45) is 0.850. The van der Waals surface area contributed by atoms with Crippen molar-refractivity contribution in [2.24, 2.45) is 0 Å². The van der Waals surface area contributed by atoms with E-state index >= 15 is 0 Å². The van der Waals surface area contributed by atoms with E-state index in [4.69, 9.17) is 0 Å². The first-order valence-electron chi connectivity index (χ1n) is 8.12. The lowest BCUT2D eigenvalue weighted by Gasteiger charge is -2.20. The average Bonchev–Trinajstić information content (AvgIpc) is 2.54. The van der Waals surface area contributed by atoms with Crippen LogP contribution in [-0.2, 0) is 6.42 Å². The van der Waals surface area contributed by atoms with Gasteiger partial charge in [0.15, 0.2) is 0 Å². The molecule has 0 fully saturated rings. The number of aryl methyl sites for hydroxylation is 1. The van der Waals surface area contributed by atoms with Crippen LogP contribution in [0.15, 0.2) is 48.5 Å². The SMILES string of the molecule is CCc1ccccc1NC(=O)c1ccc(C(=O)NC(C)(C)C)cc1. The summed E-state index contributed by atoms with van der Waals surface area (Å²) in [5, 5.41) is 5.82. The van der Waals surface area contributed by atoms with Crippen LogP contribution >= 0.6 is 0 Å². The summed E-state index contributed by atoms with van der Waals surface area (Å²) in [7, 11) is 0. The lowest BCUT2D eigenvalue weighted by atomic mass is 10.1. The molecule has 2 aromatic rings. The minimum Gasteiger partial charge on any atom is -0.347 e. The molecule has 0 heterocycles.